The number of carbonyl (C=O) groups is 2. The van der Waals surface area contributed by atoms with E-state index in [1.807, 2.05) is 4.90 Å². The summed E-state index contributed by atoms with van der Waals surface area (Å²) in [7, 11) is 0. The van der Waals surface area contributed by atoms with Gasteiger partial charge in [-0.3, -0.25) is 4.79 Å². The first-order valence-electron chi connectivity index (χ1n) is 9.02. The van der Waals surface area contributed by atoms with Crippen LogP contribution in [0.15, 0.2) is 42.6 Å². The number of benzene rings is 1. The molecule has 1 fully saturated rings. The lowest BCUT2D eigenvalue weighted by molar-refractivity contribution is -0.120. The summed E-state index contributed by atoms with van der Waals surface area (Å²) in [6.45, 7) is 3.30. The van der Waals surface area contributed by atoms with Crippen LogP contribution in [0.1, 0.15) is 30.1 Å². The second kappa shape index (κ2) is 8.62. The second-order valence-corrected chi connectivity index (χ2v) is 6.35. The molecule has 3 rings (SSSR count). The maximum absolute atomic E-state index is 13.0. The van der Waals surface area contributed by atoms with Crippen molar-refractivity contribution in [3.05, 3.63) is 54.0 Å². The van der Waals surface area contributed by atoms with Gasteiger partial charge >= 0.3 is 5.97 Å². The zero-order valence-corrected chi connectivity index (χ0v) is 15.2. The zero-order valence-electron chi connectivity index (χ0n) is 15.2. The van der Waals surface area contributed by atoms with Gasteiger partial charge in [0, 0.05) is 30.9 Å². The molecule has 0 aliphatic carbocycles. The number of nitrogens with one attached hydrogen (secondary N) is 1. The first kappa shape index (κ1) is 18.8. The number of anilines is 2. The van der Waals surface area contributed by atoms with Crippen LogP contribution >= 0.6 is 0 Å². The molecule has 2 heterocycles. The fourth-order valence-electron chi connectivity index (χ4n) is 3.15. The summed E-state index contributed by atoms with van der Waals surface area (Å²) in [6.07, 6.45) is 2.93. The van der Waals surface area contributed by atoms with Crippen LogP contribution in [-0.2, 0) is 9.53 Å². The average molecular weight is 371 g/mol. The number of hydrogen-bond acceptors (Lipinski definition) is 5. The number of aromatic nitrogens is 1. The molecule has 1 N–H and O–H groups in total. The van der Waals surface area contributed by atoms with E-state index in [1.165, 1.54) is 12.1 Å². The van der Waals surface area contributed by atoms with Crippen LogP contribution in [0.2, 0.25) is 0 Å². The number of rotatable bonds is 5. The van der Waals surface area contributed by atoms with Gasteiger partial charge < -0.3 is 15.0 Å². The molecule has 1 amide bonds. The van der Waals surface area contributed by atoms with Gasteiger partial charge in [0.05, 0.1) is 6.61 Å². The largest absolute Gasteiger partial charge is 0.462 e. The molecule has 0 radical (unpaired) electrons. The number of pyridine rings is 1. The Morgan fingerprint density at radius 1 is 1.22 bits per heavy atom. The van der Waals surface area contributed by atoms with Crippen LogP contribution in [0.5, 0.6) is 0 Å². The van der Waals surface area contributed by atoms with E-state index in [0.717, 1.165) is 0 Å². The SMILES string of the molecule is CCOC(=O)c1cccnc1N1CCC(C(=O)Nc2ccc(F)cc2)CC1. The third kappa shape index (κ3) is 4.61. The third-order valence-electron chi connectivity index (χ3n) is 4.56. The Bertz CT molecular complexity index is 802. The quantitative estimate of drug-likeness (QED) is 0.817. The molecule has 0 atom stereocenters. The van der Waals surface area contributed by atoms with E-state index in [0.29, 0.717) is 49.6 Å². The lowest BCUT2D eigenvalue weighted by Crippen LogP contribution is -2.39. The Morgan fingerprint density at radius 2 is 1.93 bits per heavy atom. The Balaban J connectivity index is 1.61. The number of hydrogen-bond donors (Lipinski definition) is 1. The monoisotopic (exact) mass is 371 g/mol. The smallest absolute Gasteiger partial charge is 0.341 e. The van der Waals surface area contributed by atoms with Crippen molar-refractivity contribution < 1.29 is 18.7 Å². The summed E-state index contributed by atoms with van der Waals surface area (Å²) >= 11 is 0. The van der Waals surface area contributed by atoms with Crippen molar-refractivity contribution in [1.29, 1.82) is 0 Å². The summed E-state index contributed by atoms with van der Waals surface area (Å²) in [5.41, 5.74) is 1.02. The highest BCUT2D eigenvalue weighted by atomic mass is 19.1. The van der Waals surface area contributed by atoms with E-state index in [9.17, 15) is 14.0 Å². The van der Waals surface area contributed by atoms with Gasteiger partial charge in [-0.25, -0.2) is 14.2 Å². The van der Waals surface area contributed by atoms with E-state index in [2.05, 4.69) is 10.3 Å². The Hall–Kier alpha value is -2.96. The van der Waals surface area contributed by atoms with Crippen molar-refractivity contribution in [3.8, 4) is 0 Å². The molecule has 142 valence electrons. The molecule has 0 spiro atoms. The van der Waals surface area contributed by atoms with E-state index >= 15 is 0 Å². The van der Waals surface area contributed by atoms with E-state index in [-0.39, 0.29) is 17.6 Å². The van der Waals surface area contributed by atoms with Crippen molar-refractivity contribution in [2.24, 2.45) is 5.92 Å². The number of halogens is 1. The van der Waals surface area contributed by atoms with Crippen LogP contribution < -0.4 is 10.2 Å². The highest BCUT2D eigenvalue weighted by Crippen LogP contribution is 2.26. The summed E-state index contributed by atoms with van der Waals surface area (Å²) in [5, 5.41) is 2.83. The lowest BCUT2D eigenvalue weighted by Gasteiger charge is -2.32. The van der Waals surface area contributed by atoms with Crippen LogP contribution in [0.4, 0.5) is 15.9 Å². The van der Waals surface area contributed by atoms with Crippen molar-refractivity contribution in [3.63, 3.8) is 0 Å². The molecule has 6 nitrogen and oxygen atoms in total. The molecule has 0 bridgehead atoms. The Labute approximate surface area is 157 Å². The van der Waals surface area contributed by atoms with Gasteiger partial charge in [0.25, 0.3) is 0 Å². The molecule has 0 unspecified atom stereocenters. The molecule has 1 aliphatic heterocycles. The molecular weight excluding hydrogens is 349 g/mol. The zero-order chi connectivity index (χ0) is 19.2. The first-order valence-corrected chi connectivity index (χ1v) is 9.02. The predicted molar refractivity (Wildman–Crippen MR) is 100 cm³/mol. The van der Waals surface area contributed by atoms with Gasteiger partial charge in [0.2, 0.25) is 5.91 Å². The predicted octanol–water partition coefficient (Wildman–Crippen LogP) is 3.25. The number of nitrogens with zero attached hydrogens (tertiary/aromatic N) is 2. The summed E-state index contributed by atoms with van der Waals surface area (Å²) < 4.78 is 18.1. The van der Waals surface area contributed by atoms with E-state index < -0.39 is 5.97 Å². The Kier molecular flexibility index (Phi) is 6.01. The molecule has 1 aromatic heterocycles. The number of esters is 1. The minimum atomic E-state index is -0.392. The molecule has 27 heavy (non-hydrogen) atoms. The maximum Gasteiger partial charge on any atom is 0.341 e. The van der Waals surface area contributed by atoms with Gasteiger partial charge in [0.15, 0.2) is 0 Å². The topological polar surface area (TPSA) is 71.5 Å². The molecule has 2 aromatic rings. The maximum atomic E-state index is 13.0. The van der Waals surface area contributed by atoms with Gasteiger partial charge in [-0.15, -0.1) is 0 Å². The molecular formula is C20H22FN3O3. The molecule has 1 aromatic carbocycles. The second-order valence-electron chi connectivity index (χ2n) is 6.35. The fourth-order valence-corrected chi connectivity index (χ4v) is 3.15. The van der Waals surface area contributed by atoms with E-state index in [4.69, 9.17) is 4.74 Å². The van der Waals surface area contributed by atoms with Crippen LogP contribution in [0.25, 0.3) is 0 Å². The third-order valence-corrected chi connectivity index (χ3v) is 4.56. The van der Waals surface area contributed by atoms with Gasteiger partial charge in [0.1, 0.15) is 17.2 Å². The van der Waals surface area contributed by atoms with Gasteiger partial charge in [-0.05, 0) is 56.2 Å². The molecule has 7 heteroatoms. The summed E-state index contributed by atoms with van der Waals surface area (Å²) in [5.74, 6) is -0.354. The van der Waals surface area contributed by atoms with E-state index in [1.54, 1.807) is 37.4 Å². The van der Waals surface area contributed by atoms with Crippen LogP contribution in [-0.4, -0.2) is 36.6 Å². The molecule has 1 saturated heterocycles. The molecule has 1 aliphatic rings. The minimum Gasteiger partial charge on any atom is -0.462 e. The van der Waals surface area contributed by atoms with Crippen molar-refractivity contribution in [2.75, 3.05) is 29.9 Å². The minimum absolute atomic E-state index is 0.0760. The summed E-state index contributed by atoms with van der Waals surface area (Å²) in [6, 6.07) is 9.13. The lowest BCUT2D eigenvalue weighted by atomic mass is 9.95. The number of amides is 1. The first-order chi connectivity index (χ1) is 13.1. The van der Waals surface area contributed by atoms with Crippen LogP contribution in [0.3, 0.4) is 0 Å². The van der Waals surface area contributed by atoms with Gasteiger partial charge in [-0.2, -0.15) is 0 Å². The standard InChI is InChI=1S/C20H22FN3O3/c1-2-27-20(26)17-4-3-11-22-18(17)24-12-9-14(10-13-24)19(25)23-16-7-5-15(21)6-8-16/h3-8,11,14H,2,9-10,12-13H2,1H3,(H,23,25). The van der Waals surface area contributed by atoms with Crippen molar-refractivity contribution in [1.82, 2.24) is 4.98 Å². The van der Waals surface area contributed by atoms with Crippen molar-refractivity contribution in [2.45, 2.75) is 19.8 Å². The number of piperidine rings is 1. The molecule has 0 saturated carbocycles. The highest BCUT2D eigenvalue weighted by Gasteiger charge is 2.28. The van der Waals surface area contributed by atoms with Crippen molar-refractivity contribution >= 4 is 23.4 Å². The number of carbonyl (C=O) groups excluding carboxylic acids is 2. The summed E-state index contributed by atoms with van der Waals surface area (Å²) in [4.78, 5) is 30.9. The number of ether oxygens (including phenoxy) is 1. The fraction of sp³-hybridized carbons (Fsp3) is 0.350. The average Bonchev–Trinajstić information content (AvgIpc) is 2.70. The van der Waals surface area contributed by atoms with Gasteiger partial charge in [-0.1, -0.05) is 0 Å². The Morgan fingerprint density at radius 3 is 2.59 bits per heavy atom. The normalized spacial score (nSPS) is 14.7. The highest BCUT2D eigenvalue weighted by molar-refractivity contribution is 5.95. The van der Waals surface area contributed by atoms with Crippen LogP contribution in [0, 0.1) is 11.7 Å².